The van der Waals surface area contributed by atoms with Crippen molar-refractivity contribution in [3.8, 4) is 0 Å². The fourth-order valence-electron chi connectivity index (χ4n) is 2.41. The molecule has 132 valence electrons. The number of nitrogens with one attached hydrogen (secondary N) is 2. The summed E-state index contributed by atoms with van der Waals surface area (Å²) in [5.74, 6) is -1.40. The number of amides is 2. The van der Waals surface area contributed by atoms with Crippen LogP contribution >= 0.6 is 0 Å². The lowest BCUT2D eigenvalue weighted by molar-refractivity contribution is -0.137. The maximum Gasteiger partial charge on any atom is 0.313 e. The van der Waals surface area contributed by atoms with Crippen LogP contribution in [0.5, 0.6) is 0 Å². The van der Waals surface area contributed by atoms with E-state index in [1.165, 1.54) is 4.31 Å². The summed E-state index contributed by atoms with van der Waals surface area (Å²) < 4.78 is 25.4. The molecule has 0 unspecified atom stereocenters. The monoisotopic (exact) mass is 353 g/mol. The van der Waals surface area contributed by atoms with E-state index in [-0.39, 0.29) is 5.75 Å². The largest absolute Gasteiger partial charge is 0.343 e. The molecule has 24 heavy (non-hydrogen) atoms. The summed E-state index contributed by atoms with van der Waals surface area (Å²) in [6.45, 7) is 7.54. The molecule has 0 aromatic heterocycles. The normalized spacial score (nSPS) is 16.8. The number of carbonyl (C=O) groups excluding carboxylic acids is 2. The van der Waals surface area contributed by atoms with Crippen molar-refractivity contribution in [3.05, 3.63) is 23.8 Å². The minimum absolute atomic E-state index is 0.122. The van der Waals surface area contributed by atoms with Gasteiger partial charge in [0.05, 0.1) is 11.4 Å². The van der Waals surface area contributed by atoms with Crippen LogP contribution in [-0.4, -0.2) is 38.1 Å². The van der Waals surface area contributed by atoms with Crippen molar-refractivity contribution < 1.29 is 18.0 Å². The van der Waals surface area contributed by atoms with E-state index in [9.17, 15) is 18.0 Å². The van der Waals surface area contributed by atoms with Gasteiger partial charge in [-0.25, -0.2) is 8.42 Å². The smallest absolute Gasteiger partial charge is 0.313 e. The average Bonchev–Trinajstić information content (AvgIpc) is 2.79. The standard InChI is InChI=1S/C16H23N3O4S/c1-11-6-7-12(19-8-5-9-24(19,22)23)10-13(11)17-14(20)15(21)18-16(2,3)4/h6-7,10H,5,8-9H2,1-4H3,(H,17,20)(H,18,21). The zero-order valence-corrected chi connectivity index (χ0v) is 15.2. The molecular weight excluding hydrogens is 330 g/mol. The van der Waals surface area contributed by atoms with Crippen molar-refractivity contribution in [2.24, 2.45) is 0 Å². The van der Waals surface area contributed by atoms with E-state index >= 15 is 0 Å². The second-order valence-corrected chi connectivity index (χ2v) is 8.91. The minimum atomic E-state index is -3.30. The molecule has 2 rings (SSSR count). The van der Waals surface area contributed by atoms with E-state index in [4.69, 9.17) is 0 Å². The molecular formula is C16H23N3O4S. The van der Waals surface area contributed by atoms with Gasteiger partial charge in [0.2, 0.25) is 10.0 Å². The number of sulfonamides is 1. The van der Waals surface area contributed by atoms with Gasteiger partial charge < -0.3 is 10.6 Å². The molecule has 1 fully saturated rings. The molecule has 0 atom stereocenters. The van der Waals surface area contributed by atoms with Crippen molar-refractivity contribution >= 4 is 33.2 Å². The first kappa shape index (κ1) is 18.3. The lowest BCUT2D eigenvalue weighted by Crippen LogP contribution is -2.46. The maximum atomic E-state index is 12.0. The Labute approximate surface area is 142 Å². The van der Waals surface area contributed by atoms with Crippen LogP contribution in [0.1, 0.15) is 32.8 Å². The number of aryl methyl sites for hydroxylation is 1. The Balaban J connectivity index is 2.21. The van der Waals surface area contributed by atoms with Gasteiger partial charge in [0.15, 0.2) is 0 Å². The number of hydrogen-bond donors (Lipinski definition) is 2. The molecule has 2 N–H and O–H groups in total. The average molecular weight is 353 g/mol. The van der Waals surface area contributed by atoms with Crippen molar-refractivity contribution in [1.82, 2.24) is 5.32 Å². The summed E-state index contributed by atoms with van der Waals surface area (Å²) in [6, 6.07) is 5.00. The molecule has 1 aromatic carbocycles. The highest BCUT2D eigenvalue weighted by Crippen LogP contribution is 2.28. The molecule has 1 heterocycles. The first-order valence-corrected chi connectivity index (χ1v) is 9.35. The summed E-state index contributed by atoms with van der Waals surface area (Å²) in [5, 5.41) is 5.14. The van der Waals surface area contributed by atoms with E-state index in [1.807, 2.05) is 0 Å². The van der Waals surface area contributed by atoms with Crippen molar-refractivity contribution in [2.75, 3.05) is 21.9 Å². The lowest BCUT2D eigenvalue weighted by atomic mass is 10.1. The lowest BCUT2D eigenvalue weighted by Gasteiger charge is -2.21. The first-order chi connectivity index (χ1) is 11.0. The van der Waals surface area contributed by atoms with Gasteiger partial charge in [0.1, 0.15) is 0 Å². The molecule has 1 aliphatic heterocycles. The van der Waals surface area contributed by atoms with E-state index in [0.717, 1.165) is 5.56 Å². The molecule has 0 spiro atoms. The molecule has 7 nitrogen and oxygen atoms in total. The number of nitrogens with zero attached hydrogens (tertiary/aromatic N) is 1. The molecule has 0 saturated carbocycles. The van der Waals surface area contributed by atoms with Gasteiger partial charge in [-0.2, -0.15) is 0 Å². The third-order valence-corrected chi connectivity index (χ3v) is 5.42. The Bertz CT molecular complexity index is 766. The number of benzene rings is 1. The summed E-state index contributed by atoms with van der Waals surface area (Å²) >= 11 is 0. The van der Waals surface area contributed by atoms with Gasteiger partial charge in [0.25, 0.3) is 0 Å². The molecule has 2 amide bonds. The molecule has 0 radical (unpaired) electrons. The first-order valence-electron chi connectivity index (χ1n) is 7.74. The highest BCUT2D eigenvalue weighted by atomic mass is 32.2. The maximum absolute atomic E-state index is 12.0. The SMILES string of the molecule is Cc1ccc(N2CCCS2(=O)=O)cc1NC(=O)C(=O)NC(C)(C)C. The van der Waals surface area contributed by atoms with Crippen LogP contribution < -0.4 is 14.9 Å². The Morgan fingerprint density at radius 2 is 1.83 bits per heavy atom. The highest BCUT2D eigenvalue weighted by molar-refractivity contribution is 7.93. The predicted molar refractivity (Wildman–Crippen MR) is 93.5 cm³/mol. The third-order valence-electron chi connectivity index (χ3n) is 3.55. The number of carbonyl (C=O) groups is 2. The van der Waals surface area contributed by atoms with Crippen LogP contribution in [0.3, 0.4) is 0 Å². The van der Waals surface area contributed by atoms with Gasteiger partial charge >= 0.3 is 11.8 Å². The van der Waals surface area contributed by atoms with Gasteiger partial charge in [-0.05, 0) is 51.8 Å². The van der Waals surface area contributed by atoms with Crippen molar-refractivity contribution in [1.29, 1.82) is 0 Å². The van der Waals surface area contributed by atoms with Gasteiger partial charge in [-0.1, -0.05) is 6.07 Å². The van der Waals surface area contributed by atoms with Gasteiger partial charge in [0, 0.05) is 17.8 Å². The number of hydrogen-bond acceptors (Lipinski definition) is 4. The van der Waals surface area contributed by atoms with Gasteiger partial charge in [-0.15, -0.1) is 0 Å². The summed E-state index contributed by atoms with van der Waals surface area (Å²) in [6.07, 6.45) is 0.575. The predicted octanol–water partition coefficient (Wildman–Crippen LogP) is 1.39. The van der Waals surface area contributed by atoms with Crippen LogP contribution in [0.4, 0.5) is 11.4 Å². The zero-order valence-electron chi connectivity index (χ0n) is 14.3. The Morgan fingerprint density at radius 1 is 1.17 bits per heavy atom. The second kappa shape index (κ2) is 6.43. The minimum Gasteiger partial charge on any atom is -0.343 e. The fraction of sp³-hybridized carbons (Fsp3) is 0.500. The highest BCUT2D eigenvalue weighted by Gasteiger charge is 2.29. The van der Waals surface area contributed by atoms with E-state index in [2.05, 4.69) is 10.6 Å². The molecule has 1 saturated heterocycles. The van der Waals surface area contributed by atoms with Crippen LogP contribution in [0.15, 0.2) is 18.2 Å². The molecule has 1 aromatic rings. The van der Waals surface area contributed by atoms with E-state index in [0.29, 0.717) is 24.3 Å². The quantitative estimate of drug-likeness (QED) is 0.786. The van der Waals surface area contributed by atoms with Crippen LogP contribution in [-0.2, 0) is 19.6 Å². The Kier molecular flexibility index (Phi) is 4.89. The second-order valence-electron chi connectivity index (χ2n) is 6.90. The van der Waals surface area contributed by atoms with Crippen LogP contribution in [0, 0.1) is 6.92 Å². The molecule has 1 aliphatic rings. The topological polar surface area (TPSA) is 95.6 Å². The van der Waals surface area contributed by atoms with E-state index in [1.54, 1.807) is 45.9 Å². The summed E-state index contributed by atoms with van der Waals surface area (Å²) in [5.41, 5.74) is 1.13. The van der Waals surface area contributed by atoms with Gasteiger partial charge in [-0.3, -0.25) is 13.9 Å². The molecule has 8 heteroatoms. The molecule has 0 aliphatic carbocycles. The molecule has 0 bridgehead atoms. The zero-order chi connectivity index (χ0) is 18.1. The van der Waals surface area contributed by atoms with E-state index < -0.39 is 27.4 Å². The Morgan fingerprint density at radius 3 is 2.38 bits per heavy atom. The Hall–Kier alpha value is -2.09. The number of anilines is 2. The third kappa shape index (κ3) is 4.25. The van der Waals surface area contributed by atoms with Crippen molar-refractivity contribution in [2.45, 2.75) is 39.7 Å². The number of rotatable bonds is 2. The van der Waals surface area contributed by atoms with Crippen molar-refractivity contribution in [3.63, 3.8) is 0 Å². The van der Waals surface area contributed by atoms with Crippen LogP contribution in [0.25, 0.3) is 0 Å². The summed E-state index contributed by atoms with van der Waals surface area (Å²) in [4.78, 5) is 23.9. The summed E-state index contributed by atoms with van der Waals surface area (Å²) in [7, 11) is -3.30. The van der Waals surface area contributed by atoms with Crippen LogP contribution in [0.2, 0.25) is 0 Å². The fourth-order valence-corrected chi connectivity index (χ4v) is 3.96.